The Kier molecular flexibility index (Phi) is 2.00. The van der Waals surface area contributed by atoms with Crippen LogP contribution in [0.2, 0.25) is 0 Å². The number of rotatable bonds is 0. The Hall–Kier alpha value is -1.38. The van der Waals surface area contributed by atoms with Gasteiger partial charge in [-0.05, 0) is 24.5 Å². The van der Waals surface area contributed by atoms with Gasteiger partial charge in [0.25, 0.3) is 6.08 Å². The van der Waals surface area contributed by atoms with Gasteiger partial charge in [0.05, 0.1) is 5.70 Å². The van der Waals surface area contributed by atoms with Crippen molar-refractivity contribution in [2.45, 2.75) is 12.8 Å². The Balaban J connectivity index is 2.35. The lowest BCUT2D eigenvalue weighted by molar-refractivity contribution is 0.408. The number of anilines is 1. The predicted octanol–water partition coefficient (Wildman–Crippen LogP) is 3.15. The number of benzene rings is 1. The third-order valence-corrected chi connectivity index (χ3v) is 2.18. The maximum atomic E-state index is 12.2. The molecule has 1 aromatic rings. The van der Waals surface area contributed by atoms with Gasteiger partial charge in [-0.2, -0.15) is 8.78 Å². The average molecular weight is 181 g/mol. The van der Waals surface area contributed by atoms with E-state index in [2.05, 4.69) is 5.32 Å². The predicted molar refractivity (Wildman–Crippen MR) is 47.6 cm³/mol. The lowest BCUT2D eigenvalue weighted by Crippen LogP contribution is -2.10. The molecule has 3 heteroatoms. The van der Waals surface area contributed by atoms with Gasteiger partial charge in [0.15, 0.2) is 0 Å². The molecule has 0 amide bonds. The van der Waals surface area contributed by atoms with Crippen molar-refractivity contribution in [3.8, 4) is 0 Å². The van der Waals surface area contributed by atoms with Crippen LogP contribution in [-0.2, 0) is 6.42 Å². The first-order chi connectivity index (χ1) is 6.27. The monoisotopic (exact) mass is 181 g/mol. The first kappa shape index (κ1) is 8.23. The van der Waals surface area contributed by atoms with Crippen molar-refractivity contribution in [1.82, 2.24) is 0 Å². The fourth-order valence-electron chi connectivity index (χ4n) is 1.49. The van der Waals surface area contributed by atoms with Crippen molar-refractivity contribution in [1.29, 1.82) is 0 Å². The van der Waals surface area contributed by atoms with Gasteiger partial charge in [-0.1, -0.05) is 18.2 Å². The molecular weight excluding hydrogens is 172 g/mol. The van der Waals surface area contributed by atoms with Crippen molar-refractivity contribution in [2.75, 3.05) is 5.32 Å². The smallest absolute Gasteiger partial charge is 0.289 e. The highest BCUT2D eigenvalue weighted by Gasteiger charge is 2.14. The van der Waals surface area contributed by atoms with Gasteiger partial charge in [-0.25, -0.2) is 0 Å². The Labute approximate surface area is 75.1 Å². The third kappa shape index (κ3) is 1.54. The van der Waals surface area contributed by atoms with E-state index in [-0.39, 0.29) is 5.70 Å². The zero-order valence-electron chi connectivity index (χ0n) is 6.98. The fraction of sp³-hybridized carbons (Fsp3) is 0.200. The highest BCUT2D eigenvalue weighted by molar-refractivity contribution is 5.57. The SMILES string of the molecule is FC(F)=C1CCc2ccccc2N1. The number of fused-ring (bicyclic) bond motifs is 1. The van der Waals surface area contributed by atoms with E-state index in [1.54, 1.807) is 0 Å². The van der Waals surface area contributed by atoms with Gasteiger partial charge in [0, 0.05) is 5.69 Å². The molecule has 0 saturated carbocycles. The summed E-state index contributed by atoms with van der Waals surface area (Å²) in [6.45, 7) is 0. The second-order valence-corrected chi connectivity index (χ2v) is 3.02. The number of hydrogen-bond donors (Lipinski definition) is 1. The number of halogens is 2. The summed E-state index contributed by atoms with van der Waals surface area (Å²) in [6.07, 6.45) is -0.510. The molecule has 1 nitrogen and oxygen atoms in total. The van der Waals surface area contributed by atoms with Crippen LogP contribution < -0.4 is 5.32 Å². The van der Waals surface area contributed by atoms with Crippen LogP contribution in [0.5, 0.6) is 0 Å². The molecule has 0 unspecified atom stereocenters. The van der Waals surface area contributed by atoms with E-state index in [0.29, 0.717) is 12.8 Å². The van der Waals surface area contributed by atoms with Crippen molar-refractivity contribution in [2.24, 2.45) is 0 Å². The normalized spacial score (nSPS) is 14.8. The summed E-state index contributed by atoms with van der Waals surface area (Å²) in [7, 11) is 0. The van der Waals surface area contributed by atoms with Crippen molar-refractivity contribution in [3.05, 3.63) is 41.6 Å². The van der Waals surface area contributed by atoms with Gasteiger partial charge < -0.3 is 5.32 Å². The van der Waals surface area contributed by atoms with Crippen molar-refractivity contribution < 1.29 is 8.78 Å². The molecule has 13 heavy (non-hydrogen) atoms. The van der Waals surface area contributed by atoms with Crippen LogP contribution in [0.25, 0.3) is 0 Å². The number of hydrogen-bond acceptors (Lipinski definition) is 1. The molecule has 0 fully saturated rings. The van der Waals surface area contributed by atoms with Crippen LogP contribution in [0.15, 0.2) is 36.0 Å². The molecular formula is C10H9F2N. The third-order valence-electron chi connectivity index (χ3n) is 2.18. The van der Waals surface area contributed by atoms with E-state index in [1.165, 1.54) is 0 Å². The van der Waals surface area contributed by atoms with Gasteiger partial charge in [-0.3, -0.25) is 0 Å². The lowest BCUT2D eigenvalue weighted by atomic mass is 10.0. The Morgan fingerprint density at radius 2 is 1.92 bits per heavy atom. The Bertz CT molecular complexity index is 354. The summed E-state index contributed by atoms with van der Waals surface area (Å²) in [5, 5.41) is 2.73. The summed E-state index contributed by atoms with van der Waals surface area (Å²) in [5.41, 5.74) is 1.96. The standard InChI is InChI=1S/C10H9F2N/c11-10(12)9-6-5-7-3-1-2-4-8(7)13-9/h1-4,13H,5-6H2. The Morgan fingerprint density at radius 1 is 1.15 bits per heavy atom. The van der Waals surface area contributed by atoms with Crippen molar-refractivity contribution >= 4 is 5.69 Å². The molecule has 0 aromatic heterocycles. The van der Waals surface area contributed by atoms with Crippen LogP contribution in [0.3, 0.4) is 0 Å². The molecule has 1 aromatic carbocycles. The zero-order valence-corrected chi connectivity index (χ0v) is 6.98. The Morgan fingerprint density at radius 3 is 2.69 bits per heavy atom. The van der Waals surface area contributed by atoms with Gasteiger partial charge >= 0.3 is 0 Å². The van der Waals surface area contributed by atoms with Crippen LogP contribution in [0.4, 0.5) is 14.5 Å². The molecule has 68 valence electrons. The quantitative estimate of drug-likeness (QED) is 0.648. The first-order valence-corrected chi connectivity index (χ1v) is 4.16. The molecule has 0 spiro atoms. The summed E-state index contributed by atoms with van der Waals surface area (Å²) < 4.78 is 24.5. The molecule has 1 aliphatic heterocycles. The second kappa shape index (κ2) is 3.17. The summed E-state index contributed by atoms with van der Waals surface area (Å²) in [6, 6.07) is 7.53. The first-order valence-electron chi connectivity index (χ1n) is 4.16. The molecule has 0 saturated heterocycles. The molecule has 0 radical (unpaired) electrons. The van der Waals surface area contributed by atoms with Crippen LogP contribution in [0, 0.1) is 0 Å². The van der Waals surface area contributed by atoms with Crippen LogP contribution in [-0.4, -0.2) is 0 Å². The molecule has 1 N–H and O–H groups in total. The topological polar surface area (TPSA) is 12.0 Å². The number of allylic oxidation sites excluding steroid dienone is 1. The number of nitrogens with one attached hydrogen (secondary N) is 1. The zero-order chi connectivity index (χ0) is 9.26. The molecule has 1 aliphatic rings. The summed E-state index contributed by atoms with van der Waals surface area (Å²) >= 11 is 0. The van der Waals surface area contributed by atoms with E-state index >= 15 is 0 Å². The number of para-hydroxylation sites is 1. The highest BCUT2D eigenvalue weighted by Crippen LogP contribution is 2.28. The van der Waals surface area contributed by atoms with Crippen LogP contribution in [0.1, 0.15) is 12.0 Å². The highest BCUT2D eigenvalue weighted by atomic mass is 19.3. The minimum atomic E-state index is -1.60. The van der Waals surface area contributed by atoms with E-state index in [4.69, 9.17) is 0 Å². The molecule has 0 bridgehead atoms. The van der Waals surface area contributed by atoms with E-state index in [0.717, 1.165) is 11.3 Å². The summed E-state index contributed by atoms with van der Waals surface area (Å²) in [4.78, 5) is 0. The molecule has 0 aliphatic carbocycles. The fourth-order valence-corrected chi connectivity index (χ4v) is 1.49. The van der Waals surface area contributed by atoms with Gasteiger partial charge in [-0.15, -0.1) is 0 Å². The maximum Gasteiger partial charge on any atom is 0.289 e. The molecule has 2 rings (SSSR count). The summed E-state index contributed by atoms with van der Waals surface area (Å²) in [5.74, 6) is 0. The minimum absolute atomic E-state index is 0.0544. The second-order valence-electron chi connectivity index (χ2n) is 3.02. The van der Waals surface area contributed by atoms with E-state index < -0.39 is 6.08 Å². The van der Waals surface area contributed by atoms with Crippen LogP contribution >= 0.6 is 0 Å². The molecule has 0 atom stereocenters. The van der Waals surface area contributed by atoms with Gasteiger partial charge in [0.2, 0.25) is 0 Å². The average Bonchev–Trinajstić information content (AvgIpc) is 2.17. The molecule has 1 heterocycles. The maximum absolute atomic E-state index is 12.2. The van der Waals surface area contributed by atoms with E-state index in [9.17, 15) is 8.78 Å². The van der Waals surface area contributed by atoms with E-state index in [1.807, 2.05) is 24.3 Å². The number of aryl methyl sites for hydroxylation is 1. The lowest BCUT2D eigenvalue weighted by Gasteiger charge is -2.19. The van der Waals surface area contributed by atoms with Gasteiger partial charge in [0.1, 0.15) is 0 Å². The minimum Gasteiger partial charge on any atom is -0.354 e. The van der Waals surface area contributed by atoms with Crippen molar-refractivity contribution in [3.63, 3.8) is 0 Å². The largest absolute Gasteiger partial charge is 0.354 e.